The monoisotopic (exact) mass is 324 g/mol. The molecule has 3 aromatic rings. The number of pyridine rings is 1. The lowest BCUT2D eigenvalue weighted by Crippen LogP contribution is -2.19. The molecule has 0 radical (unpaired) electrons. The summed E-state index contributed by atoms with van der Waals surface area (Å²) >= 11 is 0. The van der Waals surface area contributed by atoms with Gasteiger partial charge in [0.2, 0.25) is 0 Å². The molecule has 1 amide bonds. The van der Waals surface area contributed by atoms with Crippen LogP contribution < -0.4 is 10.1 Å². The van der Waals surface area contributed by atoms with E-state index in [1.54, 1.807) is 13.2 Å². The Hall–Kier alpha value is -2.86. The van der Waals surface area contributed by atoms with Crippen molar-refractivity contribution in [1.82, 2.24) is 14.3 Å². The topological polar surface area (TPSA) is 58.9 Å². The number of benzene rings is 1. The van der Waals surface area contributed by atoms with Crippen LogP contribution in [0.5, 0.6) is 5.75 Å². The van der Waals surface area contributed by atoms with Crippen molar-refractivity contribution in [2.24, 2.45) is 0 Å². The fourth-order valence-corrected chi connectivity index (χ4v) is 2.57. The van der Waals surface area contributed by atoms with Crippen molar-refractivity contribution < 1.29 is 9.53 Å². The molecule has 0 saturated carbocycles. The minimum Gasteiger partial charge on any atom is -0.497 e. The Morgan fingerprint density at radius 3 is 2.83 bits per heavy atom. The van der Waals surface area contributed by atoms with E-state index in [0.717, 1.165) is 11.3 Å². The first-order valence-electron chi connectivity index (χ1n) is 7.64. The van der Waals surface area contributed by atoms with Gasteiger partial charge in [-0.1, -0.05) is 12.1 Å². The van der Waals surface area contributed by atoms with E-state index in [1.165, 1.54) is 0 Å². The van der Waals surface area contributed by atoms with Gasteiger partial charge in [-0.3, -0.25) is 4.79 Å². The number of carbonyl (C=O) groups is 1. The second-order valence-corrected chi connectivity index (χ2v) is 5.76. The summed E-state index contributed by atoms with van der Waals surface area (Å²) in [6.45, 7) is 0.617. The molecule has 0 aliphatic heterocycles. The van der Waals surface area contributed by atoms with Crippen molar-refractivity contribution in [2.75, 3.05) is 26.5 Å². The molecule has 0 aliphatic carbocycles. The SMILES string of the molecule is COc1cccc(NC(=O)c2nc3ccccn3c2CN(C)C)c1. The van der Waals surface area contributed by atoms with E-state index in [-0.39, 0.29) is 5.91 Å². The number of carbonyl (C=O) groups excluding carboxylic acids is 1. The molecule has 6 heteroatoms. The molecule has 0 aliphatic rings. The van der Waals surface area contributed by atoms with Crippen molar-refractivity contribution in [1.29, 1.82) is 0 Å². The number of amides is 1. The van der Waals surface area contributed by atoms with Gasteiger partial charge in [0, 0.05) is 24.5 Å². The number of aromatic nitrogens is 2. The zero-order chi connectivity index (χ0) is 17.1. The molecular formula is C18H20N4O2. The Bertz CT molecular complexity index is 870. The number of ether oxygens (including phenoxy) is 1. The molecule has 124 valence electrons. The van der Waals surface area contributed by atoms with Gasteiger partial charge < -0.3 is 19.4 Å². The summed E-state index contributed by atoms with van der Waals surface area (Å²) in [6.07, 6.45) is 1.92. The number of methoxy groups -OCH3 is 1. The fourth-order valence-electron chi connectivity index (χ4n) is 2.57. The number of hydrogen-bond acceptors (Lipinski definition) is 4. The van der Waals surface area contributed by atoms with Crippen LogP contribution in [0.25, 0.3) is 5.65 Å². The van der Waals surface area contributed by atoms with Gasteiger partial charge in [-0.15, -0.1) is 0 Å². The Kier molecular flexibility index (Phi) is 4.48. The van der Waals surface area contributed by atoms with Crippen LogP contribution in [0.4, 0.5) is 5.69 Å². The number of imidazole rings is 1. The standard InChI is InChI=1S/C18H20N4O2/c1-21(2)12-15-17(20-16-9-4-5-10-22(15)16)18(23)19-13-7-6-8-14(11-13)24-3/h4-11H,12H2,1-3H3,(H,19,23). The molecule has 0 fully saturated rings. The highest BCUT2D eigenvalue weighted by Crippen LogP contribution is 2.19. The first-order chi connectivity index (χ1) is 11.6. The summed E-state index contributed by atoms with van der Waals surface area (Å²) in [5.41, 5.74) is 2.71. The molecular weight excluding hydrogens is 304 g/mol. The Morgan fingerprint density at radius 1 is 1.25 bits per heavy atom. The van der Waals surface area contributed by atoms with Crippen LogP contribution in [0.15, 0.2) is 48.7 Å². The van der Waals surface area contributed by atoms with Crippen LogP contribution >= 0.6 is 0 Å². The van der Waals surface area contributed by atoms with Crippen LogP contribution in [0.3, 0.4) is 0 Å². The van der Waals surface area contributed by atoms with Crippen molar-refractivity contribution in [3.05, 3.63) is 60.0 Å². The molecule has 24 heavy (non-hydrogen) atoms. The zero-order valence-electron chi connectivity index (χ0n) is 14.0. The third-order valence-corrected chi connectivity index (χ3v) is 3.64. The molecule has 3 rings (SSSR count). The smallest absolute Gasteiger partial charge is 0.276 e. The van der Waals surface area contributed by atoms with Gasteiger partial charge in [0.15, 0.2) is 5.69 Å². The second-order valence-electron chi connectivity index (χ2n) is 5.76. The van der Waals surface area contributed by atoms with Crippen molar-refractivity contribution in [3.63, 3.8) is 0 Å². The summed E-state index contributed by atoms with van der Waals surface area (Å²) < 4.78 is 7.13. The van der Waals surface area contributed by atoms with Crippen molar-refractivity contribution >= 4 is 17.2 Å². The van der Waals surface area contributed by atoms with E-state index in [1.807, 2.05) is 66.0 Å². The van der Waals surface area contributed by atoms with Crippen LogP contribution in [-0.2, 0) is 6.54 Å². The molecule has 0 atom stereocenters. The molecule has 1 N–H and O–H groups in total. The van der Waals surface area contributed by atoms with E-state index in [0.29, 0.717) is 23.7 Å². The van der Waals surface area contributed by atoms with Crippen LogP contribution in [0, 0.1) is 0 Å². The van der Waals surface area contributed by atoms with Crippen molar-refractivity contribution in [2.45, 2.75) is 6.54 Å². The first kappa shape index (κ1) is 16.0. The summed E-state index contributed by atoms with van der Waals surface area (Å²) in [5.74, 6) is 0.458. The van der Waals surface area contributed by atoms with E-state index in [4.69, 9.17) is 4.74 Å². The molecule has 0 spiro atoms. The summed E-state index contributed by atoms with van der Waals surface area (Å²) in [5, 5.41) is 2.89. The van der Waals surface area contributed by atoms with Gasteiger partial charge in [0.1, 0.15) is 11.4 Å². The molecule has 0 unspecified atom stereocenters. The Balaban J connectivity index is 1.96. The van der Waals surface area contributed by atoms with Crippen LogP contribution in [0.2, 0.25) is 0 Å². The zero-order valence-corrected chi connectivity index (χ0v) is 14.0. The van der Waals surface area contributed by atoms with Crippen LogP contribution in [-0.4, -0.2) is 41.4 Å². The van der Waals surface area contributed by atoms with Gasteiger partial charge in [0.25, 0.3) is 5.91 Å². The largest absolute Gasteiger partial charge is 0.497 e. The maximum absolute atomic E-state index is 12.7. The van der Waals surface area contributed by atoms with Gasteiger partial charge in [-0.2, -0.15) is 0 Å². The molecule has 0 bridgehead atoms. The Morgan fingerprint density at radius 2 is 2.08 bits per heavy atom. The summed E-state index contributed by atoms with van der Waals surface area (Å²) in [7, 11) is 5.52. The second kappa shape index (κ2) is 6.72. The highest BCUT2D eigenvalue weighted by atomic mass is 16.5. The van der Waals surface area contributed by atoms with E-state index < -0.39 is 0 Å². The molecule has 2 heterocycles. The lowest BCUT2D eigenvalue weighted by Gasteiger charge is -2.11. The number of anilines is 1. The molecule has 0 saturated heterocycles. The van der Waals surface area contributed by atoms with E-state index in [9.17, 15) is 4.79 Å². The quantitative estimate of drug-likeness (QED) is 0.784. The van der Waals surface area contributed by atoms with Gasteiger partial charge in [-0.25, -0.2) is 4.98 Å². The van der Waals surface area contributed by atoms with E-state index >= 15 is 0 Å². The average Bonchev–Trinajstić information content (AvgIpc) is 2.93. The predicted octanol–water partition coefficient (Wildman–Crippen LogP) is 2.66. The maximum Gasteiger partial charge on any atom is 0.276 e. The fraction of sp³-hybridized carbons (Fsp3) is 0.222. The summed E-state index contributed by atoms with van der Waals surface area (Å²) in [6, 6.07) is 13.0. The molecule has 2 aromatic heterocycles. The number of nitrogens with one attached hydrogen (secondary N) is 1. The first-order valence-corrected chi connectivity index (χ1v) is 7.64. The minimum atomic E-state index is -0.233. The van der Waals surface area contributed by atoms with Gasteiger partial charge in [-0.05, 0) is 38.4 Å². The molecule has 1 aromatic carbocycles. The third kappa shape index (κ3) is 3.23. The van der Waals surface area contributed by atoms with E-state index in [2.05, 4.69) is 10.3 Å². The van der Waals surface area contributed by atoms with Crippen molar-refractivity contribution in [3.8, 4) is 5.75 Å². The minimum absolute atomic E-state index is 0.233. The lowest BCUT2D eigenvalue weighted by atomic mass is 10.2. The van der Waals surface area contributed by atoms with Gasteiger partial charge >= 0.3 is 0 Å². The Labute approximate surface area is 140 Å². The number of fused-ring (bicyclic) bond motifs is 1. The molecule has 6 nitrogen and oxygen atoms in total. The third-order valence-electron chi connectivity index (χ3n) is 3.64. The normalized spacial score (nSPS) is 11.0. The number of rotatable bonds is 5. The van der Waals surface area contributed by atoms with Crippen LogP contribution in [0.1, 0.15) is 16.2 Å². The number of nitrogens with zero attached hydrogens (tertiary/aromatic N) is 3. The maximum atomic E-state index is 12.7. The summed E-state index contributed by atoms with van der Waals surface area (Å²) in [4.78, 5) is 19.2. The predicted molar refractivity (Wildman–Crippen MR) is 93.5 cm³/mol. The number of hydrogen-bond donors (Lipinski definition) is 1. The lowest BCUT2D eigenvalue weighted by molar-refractivity contribution is 0.102. The van der Waals surface area contributed by atoms with Gasteiger partial charge in [0.05, 0.1) is 12.8 Å². The highest BCUT2D eigenvalue weighted by molar-refractivity contribution is 6.04. The highest BCUT2D eigenvalue weighted by Gasteiger charge is 2.19. The average molecular weight is 324 g/mol.